The first-order chi connectivity index (χ1) is 11.9. The minimum absolute atomic E-state index is 0.0154. The van der Waals surface area contributed by atoms with Crippen LogP contribution in [0.3, 0.4) is 0 Å². The fraction of sp³-hybridized carbons (Fsp3) is 0.824. The van der Waals surface area contributed by atoms with E-state index in [1.165, 1.54) is 0 Å². The van der Waals surface area contributed by atoms with Crippen molar-refractivity contribution in [1.82, 2.24) is 20.4 Å². The molecule has 3 fully saturated rings. The molecule has 3 amide bonds. The molecule has 8 heteroatoms. The van der Waals surface area contributed by atoms with Crippen LogP contribution in [0.4, 0.5) is 4.79 Å². The van der Waals surface area contributed by atoms with Gasteiger partial charge in [-0.15, -0.1) is 0 Å². The first-order valence-electron chi connectivity index (χ1n) is 9.19. The van der Waals surface area contributed by atoms with Crippen LogP contribution in [0.2, 0.25) is 0 Å². The van der Waals surface area contributed by atoms with E-state index in [1.807, 2.05) is 13.8 Å². The minimum Gasteiger partial charge on any atom is -0.447 e. The molecule has 0 bridgehead atoms. The molecule has 3 aliphatic heterocycles. The second kappa shape index (κ2) is 7.19. The number of carbonyl (C=O) groups excluding carboxylic acids is 3. The van der Waals surface area contributed by atoms with Crippen molar-refractivity contribution in [3.05, 3.63) is 0 Å². The second-order valence-electron chi connectivity index (χ2n) is 7.46. The topological polar surface area (TPSA) is 91.0 Å². The Bertz CT molecular complexity index is 549. The molecule has 0 radical (unpaired) electrons. The summed E-state index contributed by atoms with van der Waals surface area (Å²) in [6.45, 7) is 7.22. The molecule has 3 saturated heterocycles. The van der Waals surface area contributed by atoms with Crippen LogP contribution in [0.15, 0.2) is 0 Å². The van der Waals surface area contributed by atoms with Crippen LogP contribution >= 0.6 is 0 Å². The average molecular weight is 352 g/mol. The third-order valence-corrected chi connectivity index (χ3v) is 5.55. The molecule has 8 nitrogen and oxygen atoms in total. The summed E-state index contributed by atoms with van der Waals surface area (Å²) >= 11 is 0. The summed E-state index contributed by atoms with van der Waals surface area (Å²) in [4.78, 5) is 40.6. The largest absolute Gasteiger partial charge is 0.447 e. The number of ether oxygens (including phenoxy) is 1. The Labute approximate surface area is 148 Å². The van der Waals surface area contributed by atoms with E-state index < -0.39 is 11.6 Å². The Hall–Kier alpha value is -1.83. The fourth-order valence-electron chi connectivity index (χ4n) is 3.92. The summed E-state index contributed by atoms with van der Waals surface area (Å²) in [5, 5.41) is 6.19. The molecule has 2 unspecified atom stereocenters. The van der Waals surface area contributed by atoms with Crippen molar-refractivity contribution in [2.75, 3.05) is 39.3 Å². The fourth-order valence-corrected chi connectivity index (χ4v) is 3.92. The summed E-state index contributed by atoms with van der Waals surface area (Å²) < 4.78 is 5.14. The Morgan fingerprint density at radius 3 is 2.76 bits per heavy atom. The predicted molar refractivity (Wildman–Crippen MR) is 90.9 cm³/mol. The molecular weight excluding hydrogens is 324 g/mol. The second-order valence-corrected chi connectivity index (χ2v) is 7.46. The van der Waals surface area contributed by atoms with Gasteiger partial charge in [0.25, 0.3) is 0 Å². The van der Waals surface area contributed by atoms with Crippen LogP contribution in [0.25, 0.3) is 0 Å². The number of hydrogen-bond donors (Lipinski definition) is 2. The molecule has 0 aromatic rings. The molecule has 25 heavy (non-hydrogen) atoms. The van der Waals surface area contributed by atoms with Gasteiger partial charge in [0, 0.05) is 25.6 Å². The first-order valence-corrected chi connectivity index (χ1v) is 9.19. The van der Waals surface area contributed by atoms with Gasteiger partial charge in [0.1, 0.15) is 12.6 Å². The highest BCUT2D eigenvalue weighted by Crippen LogP contribution is 2.28. The van der Waals surface area contributed by atoms with E-state index in [9.17, 15) is 14.4 Å². The van der Waals surface area contributed by atoms with Gasteiger partial charge >= 0.3 is 6.09 Å². The Kier molecular flexibility index (Phi) is 5.17. The maximum absolute atomic E-state index is 12.9. The van der Waals surface area contributed by atoms with Crippen molar-refractivity contribution in [2.24, 2.45) is 5.92 Å². The average Bonchev–Trinajstić information content (AvgIpc) is 2.94. The van der Waals surface area contributed by atoms with Crippen LogP contribution < -0.4 is 10.6 Å². The molecule has 0 aromatic heterocycles. The van der Waals surface area contributed by atoms with Gasteiger partial charge in [0.15, 0.2) is 0 Å². The number of cyclic esters (lactones) is 1. The lowest BCUT2D eigenvalue weighted by Gasteiger charge is -2.43. The number of hydrogen-bond acceptors (Lipinski definition) is 5. The number of piperazine rings is 1. The van der Waals surface area contributed by atoms with Crippen molar-refractivity contribution in [1.29, 1.82) is 0 Å². The van der Waals surface area contributed by atoms with Gasteiger partial charge in [0.2, 0.25) is 11.8 Å². The minimum atomic E-state index is -0.504. The third-order valence-electron chi connectivity index (χ3n) is 5.55. The van der Waals surface area contributed by atoms with Crippen LogP contribution in [-0.4, -0.2) is 78.6 Å². The number of nitrogens with zero attached hydrogens (tertiary/aromatic N) is 2. The zero-order valence-corrected chi connectivity index (χ0v) is 15.0. The van der Waals surface area contributed by atoms with Gasteiger partial charge < -0.3 is 20.3 Å². The molecule has 0 saturated carbocycles. The van der Waals surface area contributed by atoms with E-state index in [-0.39, 0.29) is 23.8 Å². The molecule has 3 heterocycles. The molecule has 0 spiro atoms. The number of nitrogens with one attached hydrogen (secondary N) is 2. The van der Waals surface area contributed by atoms with Crippen LogP contribution in [0.1, 0.15) is 33.1 Å². The lowest BCUT2D eigenvalue weighted by Crippen LogP contribution is -2.63. The van der Waals surface area contributed by atoms with E-state index in [1.54, 1.807) is 9.80 Å². The molecule has 2 atom stereocenters. The summed E-state index contributed by atoms with van der Waals surface area (Å²) in [6.07, 6.45) is 1.88. The molecule has 0 aromatic carbocycles. The highest BCUT2D eigenvalue weighted by molar-refractivity contribution is 5.89. The van der Waals surface area contributed by atoms with E-state index in [0.29, 0.717) is 32.7 Å². The third kappa shape index (κ3) is 3.58. The summed E-state index contributed by atoms with van der Waals surface area (Å²) in [5.41, 5.74) is -0.470. The number of fused-ring (bicyclic) bond motifs is 1. The van der Waals surface area contributed by atoms with Crippen molar-refractivity contribution in [2.45, 2.75) is 44.7 Å². The van der Waals surface area contributed by atoms with Gasteiger partial charge in [-0.2, -0.15) is 0 Å². The monoisotopic (exact) mass is 352 g/mol. The normalized spacial score (nSPS) is 28.3. The van der Waals surface area contributed by atoms with Crippen molar-refractivity contribution < 1.29 is 19.1 Å². The molecule has 3 aliphatic rings. The predicted octanol–water partition coefficient (Wildman–Crippen LogP) is -0.0661. The van der Waals surface area contributed by atoms with Gasteiger partial charge in [-0.1, -0.05) is 6.92 Å². The highest BCUT2D eigenvalue weighted by Gasteiger charge is 2.48. The number of amides is 3. The molecular formula is C17H28N4O4. The zero-order chi connectivity index (χ0) is 18.0. The Morgan fingerprint density at radius 1 is 1.36 bits per heavy atom. The van der Waals surface area contributed by atoms with Gasteiger partial charge in [-0.05, 0) is 39.3 Å². The summed E-state index contributed by atoms with van der Waals surface area (Å²) in [6, 6.07) is -0.504. The lowest BCUT2D eigenvalue weighted by atomic mass is 9.96. The van der Waals surface area contributed by atoms with Gasteiger partial charge in [0.05, 0.1) is 5.54 Å². The summed E-state index contributed by atoms with van der Waals surface area (Å²) in [5.74, 6) is -0.103. The molecule has 2 N–H and O–H groups in total. The van der Waals surface area contributed by atoms with E-state index in [4.69, 9.17) is 4.74 Å². The maximum atomic E-state index is 12.9. The standard InChI is InChI=1S/C17H28N4O4/c1-3-13(19-14(22)12-4-6-18-7-5-12)15(23)20-8-9-21-16(24)25-11-17(21,2)10-20/h12-13,18H,3-11H2,1-2H3,(H,19,22). The SMILES string of the molecule is CCC(NC(=O)C1CCNCC1)C(=O)N1CCN2C(=O)OCC2(C)C1. The number of carbonyl (C=O) groups is 3. The van der Waals surface area contributed by atoms with Crippen molar-refractivity contribution >= 4 is 17.9 Å². The van der Waals surface area contributed by atoms with Gasteiger partial charge in [-0.3, -0.25) is 14.5 Å². The number of rotatable bonds is 4. The number of piperidine rings is 1. The quantitative estimate of drug-likeness (QED) is 0.739. The lowest BCUT2D eigenvalue weighted by molar-refractivity contribution is -0.140. The van der Waals surface area contributed by atoms with Crippen LogP contribution in [-0.2, 0) is 14.3 Å². The summed E-state index contributed by atoms with van der Waals surface area (Å²) in [7, 11) is 0. The zero-order valence-electron chi connectivity index (χ0n) is 15.0. The molecule has 3 rings (SSSR count). The van der Waals surface area contributed by atoms with Crippen LogP contribution in [0.5, 0.6) is 0 Å². The Balaban J connectivity index is 1.60. The van der Waals surface area contributed by atoms with Gasteiger partial charge in [-0.25, -0.2) is 4.79 Å². The Morgan fingerprint density at radius 2 is 2.08 bits per heavy atom. The van der Waals surface area contributed by atoms with E-state index >= 15 is 0 Å². The van der Waals surface area contributed by atoms with E-state index in [2.05, 4.69) is 10.6 Å². The highest BCUT2D eigenvalue weighted by atomic mass is 16.6. The van der Waals surface area contributed by atoms with Crippen LogP contribution in [0, 0.1) is 5.92 Å². The first kappa shape index (κ1) is 18.0. The molecule has 0 aliphatic carbocycles. The molecule has 140 valence electrons. The van der Waals surface area contributed by atoms with Crippen molar-refractivity contribution in [3.8, 4) is 0 Å². The smallest absolute Gasteiger partial charge is 0.410 e. The maximum Gasteiger partial charge on any atom is 0.410 e. The van der Waals surface area contributed by atoms with E-state index in [0.717, 1.165) is 25.9 Å². The van der Waals surface area contributed by atoms with Crippen molar-refractivity contribution in [3.63, 3.8) is 0 Å².